The summed E-state index contributed by atoms with van der Waals surface area (Å²) >= 11 is 0. The van der Waals surface area contributed by atoms with Gasteiger partial charge in [-0.1, -0.05) is 37.3 Å². The molecular weight excluding hydrogens is 464 g/mol. The molecule has 1 aliphatic heterocycles. The average Bonchev–Trinajstić information content (AvgIpc) is 3.58. The second-order valence-corrected chi connectivity index (χ2v) is 10.1. The fraction of sp³-hybridized carbons (Fsp3) is 0.448. The van der Waals surface area contributed by atoms with Crippen molar-refractivity contribution in [1.82, 2.24) is 30.1 Å². The topological polar surface area (TPSA) is 88.9 Å². The Morgan fingerprint density at radius 1 is 1.16 bits per heavy atom. The van der Waals surface area contributed by atoms with Gasteiger partial charge >= 0.3 is 0 Å². The van der Waals surface area contributed by atoms with Gasteiger partial charge in [0.05, 0.1) is 18.7 Å². The molecule has 4 aromatic rings. The number of nitrogens with zero attached hydrogens (tertiary/aromatic N) is 5. The maximum absolute atomic E-state index is 13.2. The summed E-state index contributed by atoms with van der Waals surface area (Å²) in [7, 11) is 0. The first-order chi connectivity index (χ1) is 18.0. The maximum atomic E-state index is 13.2. The van der Waals surface area contributed by atoms with Gasteiger partial charge in [0.2, 0.25) is 0 Å². The average molecular weight is 501 g/mol. The molecule has 8 heteroatoms. The Balaban J connectivity index is 1.47. The predicted molar refractivity (Wildman–Crippen MR) is 144 cm³/mol. The standard InChI is InChI=1S/C29H36N6O2/c1-4-27(28-31-32-33-35(28)19-25-11-8-14-37-25)34(13-12-22-9-6-5-7-10-22)18-24-17-23-15-20(2)21(3)16-26(23)30-29(24)36/h5-7,9-10,15-17,25,27H,4,8,11-14,18-19H2,1-3H3,(H,30,36)/t25-,27+/m0/s1. The third-order valence-electron chi connectivity index (χ3n) is 7.53. The summed E-state index contributed by atoms with van der Waals surface area (Å²) in [5, 5.41) is 13.9. The van der Waals surface area contributed by atoms with Crippen molar-refractivity contribution in [3.63, 3.8) is 0 Å². The number of rotatable bonds is 10. The third kappa shape index (κ3) is 5.81. The number of hydrogen-bond acceptors (Lipinski definition) is 6. The highest BCUT2D eigenvalue weighted by Gasteiger charge is 2.27. The van der Waals surface area contributed by atoms with Crippen LogP contribution in [0.25, 0.3) is 10.9 Å². The Labute approximate surface area is 217 Å². The van der Waals surface area contributed by atoms with Crippen LogP contribution in [0.1, 0.15) is 60.3 Å². The molecule has 2 aromatic carbocycles. The second-order valence-electron chi connectivity index (χ2n) is 10.1. The van der Waals surface area contributed by atoms with Crippen molar-refractivity contribution >= 4 is 10.9 Å². The van der Waals surface area contributed by atoms with E-state index in [1.54, 1.807) is 0 Å². The molecule has 5 rings (SSSR count). The summed E-state index contributed by atoms with van der Waals surface area (Å²) in [6, 6.07) is 16.7. The smallest absolute Gasteiger partial charge is 0.252 e. The van der Waals surface area contributed by atoms with Crippen LogP contribution in [0.3, 0.4) is 0 Å². The van der Waals surface area contributed by atoms with E-state index in [1.165, 1.54) is 16.7 Å². The van der Waals surface area contributed by atoms with E-state index in [0.29, 0.717) is 13.1 Å². The fourth-order valence-corrected chi connectivity index (χ4v) is 5.29. The Hall–Kier alpha value is -3.36. The van der Waals surface area contributed by atoms with Gasteiger partial charge in [-0.3, -0.25) is 9.69 Å². The van der Waals surface area contributed by atoms with Gasteiger partial charge in [0.1, 0.15) is 0 Å². The molecule has 0 spiro atoms. The van der Waals surface area contributed by atoms with Gasteiger partial charge in [-0.2, -0.15) is 0 Å². The van der Waals surface area contributed by atoms with Gasteiger partial charge in [0.25, 0.3) is 5.56 Å². The van der Waals surface area contributed by atoms with Crippen LogP contribution in [0.5, 0.6) is 0 Å². The highest BCUT2D eigenvalue weighted by molar-refractivity contribution is 5.80. The first-order valence-electron chi connectivity index (χ1n) is 13.3. The summed E-state index contributed by atoms with van der Waals surface area (Å²) < 4.78 is 7.75. The predicted octanol–water partition coefficient (Wildman–Crippen LogP) is 4.51. The molecule has 0 aliphatic carbocycles. The molecular formula is C29H36N6O2. The van der Waals surface area contributed by atoms with Crippen molar-refractivity contribution in [2.75, 3.05) is 13.2 Å². The summed E-state index contributed by atoms with van der Waals surface area (Å²) in [5.41, 5.74) is 5.23. The zero-order valence-electron chi connectivity index (χ0n) is 22.0. The number of hydrogen-bond donors (Lipinski definition) is 1. The lowest BCUT2D eigenvalue weighted by molar-refractivity contribution is 0.0893. The number of pyridine rings is 1. The molecule has 2 aromatic heterocycles. The molecule has 3 heterocycles. The zero-order chi connectivity index (χ0) is 25.8. The number of H-pyrrole nitrogens is 1. The minimum absolute atomic E-state index is 0.0324. The van der Waals surface area contributed by atoms with E-state index in [4.69, 9.17) is 4.74 Å². The van der Waals surface area contributed by atoms with E-state index in [-0.39, 0.29) is 17.7 Å². The number of tetrazole rings is 1. The van der Waals surface area contributed by atoms with Crippen molar-refractivity contribution in [3.05, 3.63) is 87.0 Å². The Morgan fingerprint density at radius 2 is 1.97 bits per heavy atom. The van der Waals surface area contributed by atoms with Gasteiger partial charge in [-0.05, 0) is 90.2 Å². The molecule has 194 valence electrons. The lowest BCUT2D eigenvalue weighted by Gasteiger charge is -2.30. The number of fused-ring (bicyclic) bond motifs is 1. The summed E-state index contributed by atoms with van der Waals surface area (Å²) in [4.78, 5) is 18.7. The van der Waals surface area contributed by atoms with E-state index in [2.05, 4.69) is 82.6 Å². The largest absolute Gasteiger partial charge is 0.376 e. The molecule has 0 unspecified atom stereocenters. The molecule has 0 amide bonds. The number of ether oxygens (including phenoxy) is 1. The Morgan fingerprint density at radius 3 is 2.73 bits per heavy atom. The summed E-state index contributed by atoms with van der Waals surface area (Å²) in [5.74, 6) is 0.828. The quantitative estimate of drug-likeness (QED) is 0.345. The molecule has 1 aliphatic rings. The fourth-order valence-electron chi connectivity index (χ4n) is 5.29. The maximum Gasteiger partial charge on any atom is 0.252 e. The molecule has 37 heavy (non-hydrogen) atoms. The monoisotopic (exact) mass is 500 g/mol. The van der Waals surface area contributed by atoms with Crippen LogP contribution in [-0.4, -0.2) is 49.3 Å². The van der Waals surface area contributed by atoms with Crippen molar-refractivity contribution in [2.24, 2.45) is 0 Å². The number of benzene rings is 2. The van der Waals surface area contributed by atoms with Crippen LogP contribution >= 0.6 is 0 Å². The van der Waals surface area contributed by atoms with Crippen LogP contribution in [0.15, 0.2) is 53.3 Å². The number of nitrogens with one attached hydrogen (secondary N) is 1. The van der Waals surface area contributed by atoms with Gasteiger partial charge in [-0.25, -0.2) is 4.68 Å². The molecule has 1 saturated heterocycles. The van der Waals surface area contributed by atoms with Crippen LogP contribution in [0.4, 0.5) is 0 Å². The first kappa shape index (κ1) is 25.3. The van der Waals surface area contributed by atoms with Crippen LogP contribution < -0.4 is 5.56 Å². The molecule has 1 N–H and O–H groups in total. The van der Waals surface area contributed by atoms with E-state index in [0.717, 1.165) is 61.1 Å². The van der Waals surface area contributed by atoms with Gasteiger partial charge in [0.15, 0.2) is 5.82 Å². The van der Waals surface area contributed by atoms with Gasteiger partial charge in [-0.15, -0.1) is 5.10 Å². The normalized spacial score (nSPS) is 16.6. The molecule has 0 radical (unpaired) electrons. The Bertz CT molecular complexity index is 1390. The van der Waals surface area contributed by atoms with Gasteiger partial charge in [0, 0.05) is 30.8 Å². The van der Waals surface area contributed by atoms with Crippen molar-refractivity contribution < 1.29 is 4.74 Å². The minimum Gasteiger partial charge on any atom is -0.376 e. The number of aryl methyl sites for hydroxylation is 2. The van der Waals surface area contributed by atoms with E-state index in [9.17, 15) is 4.79 Å². The van der Waals surface area contributed by atoms with Crippen molar-refractivity contribution in [3.8, 4) is 0 Å². The third-order valence-corrected chi connectivity index (χ3v) is 7.53. The molecule has 0 saturated carbocycles. The molecule has 8 nitrogen and oxygen atoms in total. The van der Waals surface area contributed by atoms with Crippen LogP contribution in [0.2, 0.25) is 0 Å². The zero-order valence-corrected chi connectivity index (χ0v) is 22.0. The SMILES string of the molecule is CC[C@H](c1nnnn1C[C@@H]1CCCO1)N(CCc1ccccc1)Cc1cc2cc(C)c(C)cc2[nH]c1=O. The lowest BCUT2D eigenvalue weighted by atomic mass is 10.0. The molecule has 2 atom stereocenters. The molecule has 1 fully saturated rings. The first-order valence-corrected chi connectivity index (χ1v) is 13.3. The number of aromatic amines is 1. The van der Waals surface area contributed by atoms with E-state index in [1.807, 2.05) is 16.8 Å². The van der Waals surface area contributed by atoms with Crippen LogP contribution in [0, 0.1) is 13.8 Å². The van der Waals surface area contributed by atoms with Gasteiger partial charge < -0.3 is 9.72 Å². The Kier molecular flexibility index (Phi) is 7.76. The summed E-state index contributed by atoms with van der Waals surface area (Å²) in [6.45, 7) is 9.07. The second kappa shape index (κ2) is 11.4. The molecule has 0 bridgehead atoms. The van der Waals surface area contributed by atoms with Crippen molar-refractivity contribution in [2.45, 2.75) is 71.7 Å². The van der Waals surface area contributed by atoms with E-state index >= 15 is 0 Å². The minimum atomic E-state index is -0.0470. The highest BCUT2D eigenvalue weighted by atomic mass is 16.5. The van der Waals surface area contributed by atoms with Crippen molar-refractivity contribution in [1.29, 1.82) is 0 Å². The summed E-state index contributed by atoms with van der Waals surface area (Å²) in [6.07, 6.45) is 3.94. The lowest BCUT2D eigenvalue weighted by Crippen LogP contribution is -2.34. The van der Waals surface area contributed by atoms with Crippen LogP contribution in [-0.2, 0) is 24.2 Å². The number of aromatic nitrogens is 5. The highest BCUT2D eigenvalue weighted by Crippen LogP contribution is 2.26. The van der Waals surface area contributed by atoms with E-state index < -0.39 is 0 Å².